The molecular formula is C11H24N2OS. The lowest BCUT2D eigenvalue weighted by molar-refractivity contribution is 0.300. The number of thiocarbonyl (C=S) groups is 1. The maximum absolute atomic E-state index is 8.60. The van der Waals surface area contributed by atoms with Crippen LogP contribution in [0.3, 0.4) is 0 Å². The maximum Gasteiger partial charge on any atom is 0.166 e. The van der Waals surface area contributed by atoms with Gasteiger partial charge in [0.1, 0.15) is 0 Å². The minimum atomic E-state index is 0.120. The summed E-state index contributed by atoms with van der Waals surface area (Å²) in [5.41, 5.74) is 0. The highest BCUT2D eigenvalue weighted by Crippen LogP contribution is 2.10. The molecule has 0 saturated carbocycles. The Labute approximate surface area is 98.6 Å². The lowest BCUT2D eigenvalue weighted by Crippen LogP contribution is -2.39. The Morgan fingerprint density at radius 3 is 2.60 bits per heavy atom. The van der Waals surface area contributed by atoms with Crippen LogP contribution in [0.5, 0.6) is 0 Å². The fraction of sp³-hybridized carbons (Fsp3) is 0.909. The third-order valence-electron chi connectivity index (χ3n) is 2.49. The molecule has 0 radical (unpaired) electrons. The molecule has 0 heterocycles. The van der Waals surface area contributed by atoms with E-state index < -0.39 is 0 Å². The van der Waals surface area contributed by atoms with E-state index in [0.29, 0.717) is 17.6 Å². The van der Waals surface area contributed by atoms with Gasteiger partial charge < -0.3 is 15.7 Å². The number of rotatable bonds is 8. The summed E-state index contributed by atoms with van der Waals surface area (Å²) in [7, 11) is 0. The van der Waals surface area contributed by atoms with E-state index in [1.807, 2.05) is 0 Å². The van der Waals surface area contributed by atoms with Crippen molar-refractivity contribution in [3.05, 3.63) is 0 Å². The van der Waals surface area contributed by atoms with Gasteiger partial charge in [-0.25, -0.2) is 0 Å². The highest BCUT2D eigenvalue weighted by atomic mass is 32.1. The maximum atomic E-state index is 8.60. The smallest absolute Gasteiger partial charge is 0.166 e. The Morgan fingerprint density at radius 1 is 1.33 bits per heavy atom. The zero-order chi connectivity index (χ0) is 11.5. The summed E-state index contributed by atoms with van der Waals surface area (Å²) >= 11 is 5.06. The zero-order valence-corrected chi connectivity index (χ0v) is 10.7. The fourth-order valence-electron chi connectivity index (χ4n) is 1.41. The molecule has 0 amide bonds. The Morgan fingerprint density at radius 2 is 2.07 bits per heavy atom. The van der Waals surface area contributed by atoms with Crippen molar-refractivity contribution in [2.45, 2.75) is 39.5 Å². The predicted molar refractivity (Wildman–Crippen MR) is 69.0 cm³/mol. The lowest BCUT2D eigenvalue weighted by Gasteiger charge is -2.16. The van der Waals surface area contributed by atoms with Crippen molar-refractivity contribution >= 4 is 17.3 Å². The first-order chi connectivity index (χ1) is 7.24. The second-order valence-electron chi connectivity index (χ2n) is 3.78. The quantitative estimate of drug-likeness (QED) is 0.557. The molecule has 0 aromatic heterocycles. The standard InChI is InChI=1S/C11H24N2OS/c1-3-5-6-10(4-2)9-13-11(15)12-7-8-14/h10,14H,3-9H2,1-2H3,(H2,12,13,15)/t10-/m1/s1. The average Bonchev–Trinajstić information content (AvgIpc) is 2.26. The second kappa shape index (κ2) is 10.2. The monoisotopic (exact) mass is 232 g/mol. The number of unbranched alkanes of at least 4 members (excludes halogenated alkanes) is 1. The van der Waals surface area contributed by atoms with Gasteiger partial charge in [0.05, 0.1) is 6.61 Å². The number of hydrogen-bond donors (Lipinski definition) is 3. The van der Waals surface area contributed by atoms with Crippen molar-refractivity contribution in [1.82, 2.24) is 10.6 Å². The largest absolute Gasteiger partial charge is 0.395 e. The van der Waals surface area contributed by atoms with Gasteiger partial charge in [0, 0.05) is 13.1 Å². The zero-order valence-electron chi connectivity index (χ0n) is 9.88. The molecule has 1 atom stereocenters. The third kappa shape index (κ3) is 8.63. The van der Waals surface area contributed by atoms with Crippen LogP contribution in [0.15, 0.2) is 0 Å². The summed E-state index contributed by atoms with van der Waals surface area (Å²) in [4.78, 5) is 0. The highest BCUT2D eigenvalue weighted by molar-refractivity contribution is 7.80. The van der Waals surface area contributed by atoms with E-state index in [9.17, 15) is 0 Å². The van der Waals surface area contributed by atoms with Crippen LogP contribution in [0, 0.1) is 5.92 Å². The first kappa shape index (κ1) is 14.6. The number of aliphatic hydroxyl groups excluding tert-OH is 1. The van der Waals surface area contributed by atoms with Crippen LogP contribution in [0.25, 0.3) is 0 Å². The van der Waals surface area contributed by atoms with Gasteiger partial charge in [-0.2, -0.15) is 0 Å². The first-order valence-electron chi connectivity index (χ1n) is 5.87. The van der Waals surface area contributed by atoms with Gasteiger partial charge in [-0.15, -0.1) is 0 Å². The molecule has 0 rings (SSSR count). The molecule has 0 aliphatic heterocycles. The molecule has 0 aliphatic rings. The highest BCUT2D eigenvalue weighted by Gasteiger charge is 2.05. The van der Waals surface area contributed by atoms with Crippen molar-refractivity contribution in [3.63, 3.8) is 0 Å². The molecule has 4 heteroatoms. The first-order valence-corrected chi connectivity index (χ1v) is 6.27. The van der Waals surface area contributed by atoms with Gasteiger partial charge in [0.2, 0.25) is 0 Å². The molecule has 15 heavy (non-hydrogen) atoms. The summed E-state index contributed by atoms with van der Waals surface area (Å²) < 4.78 is 0. The van der Waals surface area contributed by atoms with Crippen LogP contribution in [0.4, 0.5) is 0 Å². The number of aliphatic hydroxyl groups is 1. The Kier molecular flexibility index (Phi) is 9.94. The summed E-state index contributed by atoms with van der Waals surface area (Å²) in [5, 5.41) is 15.4. The second-order valence-corrected chi connectivity index (χ2v) is 4.19. The van der Waals surface area contributed by atoms with Gasteiger partial charge in [-0.3, -0.25) is 0 Å². The van der Waals surface area contributed by atoms with E-state index in [4.69, 9.17) is 17.3 Å². The molecule has 0 aromatic rings. The van der Waals surface area contributed by atoms with E-state index in [2.05, 4.69) is 24.5 Å². The van der Waals surface area contributed by atoms with Crippen molar-refractivity contribution in [3.8, 4) is 0 Å². The van der Waals surface area contributed by atoms with Crippen LogP contribution in [0.2, 0.25) is 0 Å². The van der Waals surface area contributed by atoms with Gasteiger partial charge in [-0.05, 0) is 24.6 Å². The minimum Gasteiger partial charge on any atom is -0.395 e. The summed E-state index contributed by atoms with van der Waals surface area (Å²) in [6, 6.07) is 0. The summed E-state index contributed by atoms with van der Waals surface area (Å²) in [6.07, 6.45) is 5.00. The van der Waals surface area contributed by atoms with E-state index in [0.717, 1.165) is 6.54 Å². The number of hydrogen-bond acceptors (Lipinski definition) is 2. The van der Waals surface area contributed by atoms with E-state index in [1.54, 1.807) is 0 Å². The Hall–Kier alpha value is -0.350. The van der Waals surface area contributed by atoms with Crippen LogP contribution in [-0.2, 0) is 0 Å². The molecule has 90 valence electrons. The van der Waals surface area contributed by atoms with Gasteiger partial charge in [0.15, 0.2) is 5.11 Å². The molecule has 0 saturated heterocycles. The fourth-order valence-corrected chi connectivity index (χ4v) is 1.60. The van der Waals surface area contributed by atoms with E-state index in [1.165, 1.54) is 25.7 Å². The van der Waals surface area contributed by atoms with Crippen molar-refractivity contribution in [2.75, 3.05) is 19.7 Å². The minimum absolute atomic E-state index is 0.120. The molecule has 0 unspecified atom stereocenters. The number of nitrogens with one attached hydrogen (secondary N) is 2. The molecule has 0 bridgehead atoms. The molecule has 0 aliphatic carbocycles. The average molecular weight is 232 g/mol. The predicted octanol–water partition coefficient (Wildman–Crippen LogP) is 1.66. The molecular weight excluding hydrogens is 208 g/mol. The molecule has 0 spiro atoms. The van der Waals surface area contributed by atoms with E-state index >= 15 is 0 Å². The van der Waals surface area contributed by atoms with Crippen molar-refractivity contribution in [2.24, 2.45) is 5.92 Å². The molecule has 0 fully saturated rings. The Bertz CT molecular complexity index is 165. The van der Waals surface area contributed by atoms with Crippen molar-refractivity contribution in [1.29, 1.82) is 0 Å². The Balaban J connectivity index is 3.55. The third-order valence-corrected chi connectivity index (χ3v) is 2.78. The van der Waals surface area contributed by atoms with Crippen LogP contribution in [0.1, 0.15) is 39.5 Å². The van der Waals surface area contributed by atoms with Crippen LogP contribution < -0.4 is 10.6 Å². The lowest BCUT2D eigenvalue weighted by atomic mass is 9.99. The molecule has 3 N–H and O–H groups in total. The van der Waals surface area contributed by atoms with Gasteiger partial charge in [0.25, 0.3) is 0 Å². The normalized spacial score (nSPS) is 12.2. The van der Waals surface area contributed by atoms with Gasteiger partial charge >= 0.3 is 0 Å². The van der Waals surface area contributed by atoms with Crippen molar-refractivity contribution < 1.29 is 5.11 Å². The topological polar surface area (TPSA) is 44.3 Å². The molecule has 0 aromatic carbocycles. The van der Waals surface area contributed by atoms with Gasteiger partial charge in [-0.1, -0.05) is 33.1 Å². The van der Waals surface area contributed by atoms with Crippen LogP contribution >= 0.6 is 12.2 Å². The van der Waals surface area contributed by atoms with E-state index in [-0.39, 0.29) is 6.61 Å². The van der Waals surface area contributed by atoms with Crippen LogP contribution in [-0.4, -0.2) is 29.9 Å². The summed E-state index contributed by atoms with van der Waals surface area (Å²) in [5.74, 6) is 0.707. The SMILES string of the molecule is CCCC[C@@H](CC)CNC(=S)NCCO. The summed E-state index contributed by atoms with van der Waals surface area (Å²) in [6.45, 7) is 6.01. The molecule has 3 nitrogen and oxygen atoms in total.